The van der Waals surface area contributed by atoms with E-state index in [0.717, 1.165) is 10.2 Å². The van der Waals surface area contributed by atoms with Gasteiger partial charge in [0, 0.05) is 13.0 Å². The topological polar surface area (TPSA) is 127 Å². The van der Waals surface area contributed by atoms with E-state index in [0.29, 0.717) is 0 Å². The minimum Gasteiger partial charge on any atom is -0.369 e. The Labute approximate surface area is 170 Å². The highest BCUT2D eigenvalue weighted by Crippen LogP contribution is 2.10. The van der Waals surface area contributed by atoms with Crippen molar-refractivity contribution in [2.24, 2.45) is 11.7 Å². The molecule has 1 heterocycles. The van der Waals surface area contributed by atoms with Crippen LogP contribution in [0.15, 0.2) is 58.1 Å². The van der Waals surface area contributed by atoms with Crippen LogP contribution in [0.1, 0.15) is 12.0 Å². The zero-order chi connectivity index (χ0) is 21.7. The summed E-state index contributed by atoms with van der Waals surface area (Å²) < 4.78 is 14.1. The van der Waals surface area contributed by atoms with Crippen molar-refractivity contribution in [3.63, 3.8) is 0 Å². The number of carbonyl (C=O) groups is 2. The van der Waals surface area contributed by atoms with Crippen LogP contribution in [0.2, 0.25) is 0 Å². The molecule has 0 fully saturated rings. The highest BCUT2D eigenvalue weighted by atomic mass is 19.1. The number of H-pyrrole nitrogens is 1. The van der Waals surface area contributed by atoms with Crippen molar-refractivity contribution >= 4 is 22.6 Å². The first-order valence-electron chi connectivity index (χ1n) is 9.37. The number of fused-ring (bicyclic) bond motifs is 1. The summed E-state index contributed by atoms with van der Waals surface area (Å²) in [4.78, 5) is 48.4. The number of nitrogens with one attached hydrogen (secondary N) is 2. The van der Waals surface area contributed by atoms with Crippen molar-refractivity contribution in [3.8, 4) is 0 Å². The van der Waals surface area contributed by atoms with E-state index in [9.17, 15) is 23.6 Å². The van der Waals surface area contributed by atoms with E-state index < -0.39 is 28.9 Å². The second-order valence-electron chi connectivity index (χ2n) is 6.93. The minimum absolute atomic E-state index is 0.00861. The average Bonchev–Trinajstić information content (AvgIpc) is 2.73. The standard InChI is InChI=1S/C21H21FN4O4/c22-15-7-5-13(6-8-15)11-14(19(23)28)12-24-18(27)9-10-26-21(30)17-4-2-1-3-16(17)20(29)25-26/h1-8,14H,9-12H2,(H2,23,28)(H,24,27)(H,25,29). The molecule has 3 rings (SSSR count). The van der Waals surface area contributed by atoms with Gasteiger partial charge in [0.25, 0.3) is 11.1 Å². The van der Waals surface area contributed by atoms with Crippen LogP contribution in [0.5, 0.6) is 0 Å². The van der Waals surface area contributed by atoms with Crippen molar-refractivity contribution in [2.75, 3.05) is 6.54 Å². The predicted octanol–water partition coefficient (Wildman–Crippen LogP) is 0.679. The van der Waals surface area contributed by atoms with Crippen molar-refractivity contribution in [1.82, 2.24) is 15.1 Å². The number of nitrogens with zero attached hydrogens (tertiary/aromatic N) is 1. The van der Waals surface area contributed by atoms with Crippen molar-refractivity contribution in [3.05, 3.63) is 80.6 Å². The molecular formula is C21H21FN4O4. The van der Waals surface area contributed by atoms with E-state index in [4.69, 9.17) is 5.73 Å². The number of benzene rings is 2. The molecule has 0 bridgehead atoms. The lowest BCUT2D eigenvalue weighted by atomic mass is 9.98. The van der Waals surface area contributed by atoms with Crippen LogP contribution >= 0.6 is 0 Å². The molecule has 4 N–H and O–H groups in total. The smallest absolute Gasteiger partial charge is 0.273 e. The summed E-state index contributed by atoms with van der Waals surface area (Å²) >= 11 is 0. The second-order valence-corrected chi connectivity index (χ2v) is 6.93. The molecule has 2 aromatic carbocycles. The first-order chi connectivity index (χ1) is 14.3. The molecule has 1 aromatic heterocycles. The van der Waals surface area contributed by atoms with Crippen molar-refractivity contribution < 1.29 is 14.0 Å². The maximum Gasteiger partial charge on any atom is 0.273 e. The summed E-state index contributed by atoms with van der Waals surface area (Å²) in [5.74, 6) is -2.04. The zero-order valence-corrected chi connectivity index (χ0v) is 16.1. The van der Waals surface area contributed by atoms with Crippen molar-refractivity contribution in [2.45, 2.75) is 19.4 Å². The Morgan fingerprint density at radius 1 is 1.07 bits per heavy atom. The molecule has 3 aromatic rings. The second kappa shape index (κ2) is 9.17. The van der Waals surface area contributed by atoms with Gasteiger partial charge in [-0.15, -0.1) is 0 Å². The monoisotopic (exact) mass is 412 g/mol. The molecule has 1 unspecified atom stereocenters. The van der Waals surface area contributed by atoms with Crippen LogP contribution in [0.25, 0.3) is 10.8 Å². The molecule has 0 aliphatic carbocycles. The van der Waals surface area contributed by atoms with Crippen LogP contribution in [-0.2, 0) is 22.6 Å². The third-order valence-electron chi connectivity index (χ3n) is 4.79. The van der Waals surface area contributed by atoms with Crippen molar-refractivity contribution in [1.29, 1.82) is 0 Å². The molecule has 0 radical (unpaired) electrons. The number of aromatic amines is 1. The number of primary amides is 1. The highest BCUT2D eigenvalue weighted by molar-refractivity contribution is 5.81. The molecule has 0 saturated carbocycles. The van der Waals surface area contributed by atoms with Crippen LogP contribution in [-0.4, -0.2) is 28.1 Å². The third kappa shape index (κ3) is 4.99. The maximum absolute atomic E-state index is 13.0. The normalized spacial score (nSPS) is 11.9. The summed E-state index contributed by atoms with van der Waals surface area (Å²) in [6.45, 7) is -0.0153. The number of amides is 2. The Balaban J connectivity index is 1.60. The van der Waals surface area contributed by atoms with Crippen LogP contribution < -0.4 is 22.2 Å². The summed E-state index contributed by atoms with van der Waals surface area (Å²) in [7, 11) is 0. The Hall–Kier alpha value is -3.75. The van der Waals surface area contributed by atoms with Crippen LogP contribution in [0.3, 0.4) is 0 Å². The number of halogens is 1. The molecule has 9 heteroatoms. The van der Waals surface area contributed by atoms with Crippen LogP contribution in [0.4, 0.5) is 4.39 Å². The molecule has 1 atom stereocenters. The largest absolute Gasteiger partial charge is 0.369 e. The fourth-order valence-corrected chi connectivity index (χ4v) is 3.12. The van der Waals surface area contributed by atoms with E-state index in [1.54, 1.807) is 36.4 Å². The molecule has 0 saturated heterocycles. The Kier molecular flexibility index (Phi) is 6.41. The molecule has 0 spiro atoms. The van der Waals surface area contributed by atoms with Gasteiger partial charge >= 0.3 is 0 Å². The molecule has 0 aliphatic heterocycles. The number of nitrogens with two attached hydrogens (primary N) is 1. The van der Waals surface area contributed by atoms with Gasteiger partial charge in [0.1, 0.15) is 5.82 Å². The highest BCUT2D eigenvalue weighted by Gasteiger charge is 2.17. The number of hydrogen-bond donors (Lipinski definition) is 3. The van der Waals surface area contributed by atoms with Gasteiger partial charge in [-0.25, -0.2) is 9.07 Å². The third-order valence-corrected chi connectivity index (χ3v) is 4.79. The van der Waals surface area contributed by atoms with Gasteiger partial charge in [0.05, 0.1) is 23.2 Å². The van der Waals surface area contributed by atoms with E-state index >= 15 is 0 Å². The molecule has 156 valence electrons. The summed E-state index contributed by atoms with van der Waals surface area (Å²) in [5.41, 5.74) is 5.31. The fourth-order valence-electron chi connectivity index (χ4n) is 3.12. The lowest BCUT2D eigenvalue weighted by Gasteiger charge is -2.15. The lowest BCUT2D eigenvalue weighted by Crippen LogP contribution is -2.38. The zero-order valence-electron chi connectivity index (χ0n) is 16.1. The van der Waals surface area contributed by atoms with Gasteiger partial charge in [0.15, 0.2) is 0 Å². The maximum atomic E-state index is 13.0. The molecular weight excluding hydrogens is 391 g/mol. The van der Waals surface area contributed by atoms with Gasteiger partial charge in [-0.05, 0) is 36.2 Å². The predicted molar refractivity (Wildman–Crippen MR) is 109 cm³/mol. The van der Waals surface area contributed by atoms with Gasteiger partial charge < -0.3 is 11.1 Å². The fraction of sp³-hybridized carbons (Fsp3) is 0.238. The summed E-state index contributed by atoms with van der Waals surface area (Å²) in [5, 5.41) is 5.63. The molecule has 8 nitrogen and oxygen atoms in total. The molecule has 30 heavy (non-hydrogen) atoms. The van der Waals surface area contributed by atoms with Gasteiger partial charge in [-0.2, -0.15) is 0 Å². The number of aryl methyl sites for hydroxylation is 1. The summed E-state index contributed by atoms with van der Waals surface area (Å²) in [6.07, 6.45) is 0.184. The molecule has 0 aliphatic rings. The minimum atomic E-state index is -0.664. The Bertz CT molecular complexity index is 1180. The lowest BCUT2D eigenvalue weighted by molar-refractivity contribution is -0.123. The number of aromatic nitrogens is 2. The quantitative estimate of drug-likeness (QED) is 0.503. The van der Waals surface area contributed by atoms with E-state index in [1.807, 2.05) is 0 Å². The first kappa shape index (κ1) is 21.0. The average molecular weight is 412 g/mol. The van der Waals surface area contributed by atoms with E-state index in [-0.39, 0.29) is 42.5 Å². The van der Waals surface area contributed by atoms with Gasteiger partial charge in [-0.3, -0.25) is 24.3 Å². The van der Waals surface area contributed by atoms with Crippen LogP contribution in [0, 0.1) is 11.7 Å². The number of carbonyl (C=O) groups excluding carboxylic acids is 2. The molecule has 2 amide bonds. The first-order valence-corrected chi connectivity index (χ1v) is 9.37. The summed E-state index contributed by atoms with van der Waals surface area (Å²) in [6, 6.07) is 12.1. The number of rotatable bonds is 8. The number of hydrogen-bond acceptors (Lipinski definition) is 4. The Morgan fingerprint density at radius 2 is 1.73 bits per heavy atom. The SMILES string of the molecule is NC(=O)C(CNC(=O)CCn1[nH]c(=O)c2ccccc2c1=O)Cc1ccc(F)cc1. The van der Waals surface area contributed by atoms with Gasteiger partial charge in [0.2, 0.25) is 11.8 Å². The van der Waals surface area contributed by atoms with E-state index in [1.165, 1.54) is 12.1 Å². The van der Waals surface area contributed by atoms with Gasteiger partial charge in [-0.1, -0.05) is 24.3 Å². The van der Waals surface area contributed by atoms with E-state index in [2.05, 4.69) is 10.4 Å². The Morgan fingerprint density at radius 3 is 2.40 bits per heavy atom.